The first-order valence-electron chi connectivity index (χ1n) is 7.08. The summed E-state index contributed by atoms with van der Waals surface area (Å²) in [6, 6.07) is 10.7. The Morgan fingerprint density at radius 1 is 1.21 bits per heavy atom. The maximum absolute atomic E-state index is 13.6. The lowest BCUT2D eigenvalue weighted by molar-refractivity contribution is 0.414. The molecule has 0 fully saturated rings. The van der Waals surface area contributed by atoms with Crippen molar-refractivity contribution in [1.82, 2.24) is 4.72 Å². The van der Waals surface area contributed by atoms with Gasteiger partial charge in [0.25, 0.3) is 0 Å². The highest BCUT2D eigenvalue weighted by atomic mass is 35.5. The third-order valence-electron chi connectivity index (χ3n) is 3.22. The second-order valence-electron chi connectivity index (χ2n) is 4.83. The lowest BCUT2D eigenvalue weighted by atomic mass is 10.2. The molecular formula is C16H17ClFNO3S2. The summed E-state index contributed by atoms with van der Waals surface area (Å²) >= 11 is 7.35. The van der Waals surface area contributed by atoms with Crippen LogP contribution in [0.3, 0.4) is 0 Å². The van der Waals surface area contributed by atoms with Crippen LogP contribution in [0.15, 0.2) is 47.4 Å². The number of ether oxygens (including phenoxy) is 1. The minimum atomic E-state index is -3.57. The molecule has 0 unspecified atom stereocenters. The summed E-state index contributed by atoms with van der Waals surface area (Å²) in [7, 11) is -2.05. The van der Waals surface area contributed by atoms with E-state index in [0.717, 1.165) is 0 Å². The van der Waals surface area contributed by atoms with E-state index in [1.807, 2.05) is 0 Å². The van der Waals surface area contributed by atoms with Crippen molar-refractivity contribution in [3.63, 3.8) is 0 Å². The van der Waals surface area contributed by atoms with Crippen LogP contribution < -0.4 is 9.46 Å². The Labute approximate surface area is 150 Å². The SMILES string of the molecule is COc1ccc(S(=O)(=O)NCCSCc2c(F)cccc2Cl)cc1. The number of thioether (sulfide) groups is 1. The fraction of sp³-hybridized carbons (Fsp3) is 0.250. The third kappa shape index (κ3) is 5.11. The molecule has 0 bridgehead atoms. The van der Waals surface area contributed by atoms with E-state index in [-0.39, 0.29) is 17.3 Å². The van der Waals surface area contributed by atoms with E-state index in [1.165, 1.54) is 37.1 Å². The molecule has 1 N–H and O–H groups in total. The zero-order chi connectivity index (χ0) is 17.6. The fourth-order valence-electron chi connectivity index (χ4n) is 1.93. The number of hydrogen-bond donors (Lipinski definition) is 1. The van der Waals surface area contributed by atoms with Crippen molar-refractivity contribution >= 4 is 33.4 Å². The number of hydrogen-bond acceptors (Lipinski definition) is 4. The van der Waals surface area contributed by atoms with Crippen LogP contribution in [0.2, 0.25) is 5.02 Å². The summed E-state index contributed by atoms with van der Waals surface area (Å²) in [4.78, 5) is 0.172. The second-order valence-corrected chi connectivity index (χ2v) is 8.11. The summed E-state index contributed by atoms with van der Waals surface area (Å²) in [5.41, 5.74) is 0.433. The number of methoxy groups -OCH3 is 1. The zero-order valence-corrected chi connectivity index (χ0v) is 15.3. The van der Waals surface area contributed by atoms with E-state index in [0.29, 0.717) is 27.8 Å². The standard InChI is InChI=1S/C16H17ClFNO3S2/c1-22-12-5-7-13(8-6-12)24(20,21)19-9-10-23-11-14-15(17)3-2-4-16(14)18/h2-8,19H,9-11H2,1H3. The molecule has 2 rings (SSSR count). The van der Waals surface area contributed by atoms with Crippen molar-refractivity contribution in [2.45, 2.75) is 10.6 Å². The first-order valence-corrected chi connectivity index (χ1v) is 10.1. The largest absolute Gasteiger partial charge is 0.497 e. The highest BCUT2D eigenvalue weighted by Gasteiger charge is 2.13. The first kappa shape index (κ1) is 19.1. The first-order chi connectivity index (χ1) is 11.4. The minimum absolute atomic E-state index is 0.172. The molecule has 0 atom stereocenters. The zero-order valence-electron chi connectivity index (χ0n) is 13.0. The van der Waals surface area contributed by atoms with Crippen LogP contribution in [0.25, 0.3) is 0 Å². The molecule has 24 heavy (non-hydrogen) atoms. The molecule has 2 aromatic carbocycles. The van der Waals surface area contributed by atoms with Crippen LogP contribution in [0.1, 0.15) is 5.56 Å². The summed E-state index contributed by atoms with van der Waals surface area (Å²) in [6.45, 7) is 0.241. The Morgan fingerprint density at radius 2 is 1.92 bits per heavy atom. The Morgan fingerprint density at radius 3 is 2.54 bits per heavy atom. The quantitative estimate of drug-likeness (QED) is 0.699. The van der Waals surface area contributed by atoms with Crippen LogP contribution in [0, 0.1) is 5.82 Å². The van der Waals surface area contributed by atoms with Gasteiger partial charge in [0.1, 0.15) is 11.6 Å². The molecule has 2 aromatic rings. The Balaban J connectivity index is 1.82. The van der Waals surface area contributed by atoms with Crippen LogP contribution in [0.4, 0.5) is 4.39 Å². The van der Waals surface area contributed by atoms with Gasteiger partial charge in [0.2, 0.25) is 10.0 Å². The Bertz CT molecular complexity index is 762. The van der Waals surface area contributed by atoms with Crippen molar-refractivity contribution < 1.29 is 17.5 Å². The molecular weight excluding hydrogens is 373 g/mol. The van der Waals surface area contributed by atoms with E-state index in [4.69, 9.17) is 16.3 Å². The van der Waals surface area contributed by atoms with Crippen molar-refractivity contribution in [2.75, 3.05) is 19.4 Å². The number of halogens is 2. The van der Waals surface area contributed by atoms with E-state index in [1.54, 1.807) is 24.3 Å². The van der Waals surface area contributed by atoms with Gasteiger partial charge in [-0.25, -0.2) is 17.5 Å². The average Bonchev–Trinajstić information content (AvgIpc) is 2.57. The van der Waals surface area contributed by atoms with Crippen molar-refractivity contribution in [2.24, 2.45) is 0 Å². The molecule has 0 spiro atoms. The van der Waals surface area contributed by atoms with Crippen molar-refractivity contribution in [3.05, 3.63) is 58.9 Å². The summed E-state index contributed by atoms with van der Waals surface area (Å²) < 4.78 is 45.4. The fourth-order valence-corrected chi connectivity index (χ4v) is 4.29. The Hall–Kier alpha value is -1.28. The lowest BCUT2D eigenvalue weighted by Gasteiger charge is -2.08. The molecule has 130 valence electrons. The minimum Gasteiger partial charge on any atom is -0.497 e. The molecule has 4 nitrogen and oxygen atoms in total. The van der Waals surface area contributed by atoms with Gasteiger partial charge < -0.3 is 4.74 Å². The maximum atomic E-state index is 13.6. The Kier molecular flexibility index (Phi) is 6.91. The van der Waals surface area contributed by atoms with E-state index < -0.39 is 10.0 Å². The highest BCUT2D eigenvalue weighted by Crippen LogP contribution is 2.23. The van der Waals surface area contributed by atoms with Crippen LogP contribution in [0.5, 0.6) is 5.75 Å². The number of rotatable bonds is 8. The maximum Gasteiger partial charge on any atom is 0.240 e. The van der Waals surface area contributed by atoms with Gasteiger partial charge in [0, 0.05) is 28.6 Å². The van der Waals surface area contributed by atoms with E-state index in [2.05, 4.69) is 4.72 Å². The van der Waals surface area contributed by atoms with Gasteiger partial charge in [0.05, 0.1) is 12.0 Å². The van der Waals surface area contributed by atoms with Gasteiger partial charge >= 0.3 is 0 Å². The molecule has 0 saturated heterocycles. The third-order valence-corrected chi connectivity index (χ3v) is 6.03. The average molecular weight is 390 g/mol. The van der Waals surface area contributed by atoms with Crippen molar-refractivity contribution in [1.29, 1.82) is 0 Å². The summed E-state index contributed by atoms with van der Waals surface area (Å²) in [5, 5.41) is 0.376. The number of benzene rings is 2. The predicted octanol–water partition coefficient (Wildman–Crippen LogP) is 3.70. The molecule has 8 heteroatoms. The molecule has 0 aliphatic rings. The van der Waals surface area contributed by atoms with Crippen LogP contribution in [-0.4, -0.2) is 27.8 Å². The van der Waals surface area contributed by atoms with Gasteiger partial charge in [-0.15, -0.1) is 0 Å². The van der Waals surface area contributed by atoms with Gasteiger partial charge in [-0.2, -0.15) is 11.8 Å². The lowest BCUT2D eigenvalue weighted by Crippen LogP contribution is -2.26. The smallest absolute Gasteiger partial charge is 0.240 e. The monoisotopic (exact) mass is 389 g/mol. The molecule has 0 aromatic heterocycles. The molecule has 0 amide bonds. The van der Waals surface area contributed by atoms with Gasteiger partial charge in [-0.05, 0) is 36.4 Å². The number of nitrogens with one attached hydrogen (secondary N) is 1. The molecule has 0 radical (unpaired) electrons. The van der Waals surface area contributed by atoms with Gasteiger partial charge in [0.15, 0.2) is 0 Å². The normalized spacial score (nSPS) is 11.5. The highest BCUT2D eigenvalue weighted by molar-refractivity contribution is 7.98. The predicted molar refractivity (Wildman–Crippen MR) is 95.8 cm³/mol. The molecule has 0 heterocycles. The summed E-state index contributed by atoms with van der Waals surface area (Å²) in [5.74, 6) is 1.12. The van der Waals surface area contributed by atoms with Crippen LogP contribution in [-0.2, 0) is 15.8 Å². The van der Waals surface area contributed by atoms with Crippen LogP contribution >= 0.6 is 23.4 Å². The topological polar surface area (TPSA) is 55.4 Å². The molecule has 0 aliphatic carbocycles. The molecule has 0 saturated carbocycles. The van der Waals surface area contributed by atoms with Gasteiger partial charge in [-0.1, -0.05) is 17.7 Å². The van der Waals surface area contributed by atoms with Crippen molar-refractivity contribution in [3.8, 4) is 5.75 Å². The number of sulfonamides is 1. The summed E-state index contributed by atoms with van der Waals surface area (Å²) in [6.07, 6.45) is 0. The van der Waals surface area contributed by atoms with E-state index >= 15 is 0 Å². The molecule has 0 aliphatic heterocycles. The van der Waals surface area contributed by atoms with E-state index in [9.17, 15) is 12.8 Å². The van der Waals surface area contributed by atoms with Gasteiger partial charge in [-0.3, -0.25) is 0 Å². The second kappa shape index (κ2) is 8.71.